The van der Waals surface area contributed by atoms with Gasteiger partial charge in [0.1, 0.15) is 0 Å². The summed E-state index contributed by atoms with van der Waals surface area (Å²) in [7, 11) is 0. The van der Waals surface area contributed by atoms with Crippen LogP contribution in [0.4, 0.5) is 0 Å². The van der Waals surface area contributed by atoms with Gasteiger partial charge in [0.2, 0.25) is 5.90 Å². The number of hydrogen-bond donors (Lipinski definition) is 0. The zero-order valence-electron chi connectivity index (χ0n) is 10.2. The Kier molecular flexibility index (Phi) is 3.52. The number of ether oxygens (including phenoxy) is 1. The van der Waals surface area contributed by atoms with Crippen molar-refractivity contribution in [1.82, 2.24) is 0 Å². The molecule has 3 nitrogen and oxygen atoms in total. The largest absolute Gasteiger partial charge is 0.404 e. The second kappa shape index (κ2) is 4.92. The third-order valence-corrected chi connectivity index (χ3v) is 3.46. The fourth-order valence-corrected chi connectivity index (χ4v) is 2.44. The molecule has 0 bridgehead atoms. The summed E-state index contributed by atoms with van der Waals surface area (Å²) in [5.74, 6) is 1.10. The number of thioether (sulfide) groups is 1. The van der Waals surface area contributed by atoms with E-state index in [1.807, 2.05) is 32.2 Å². The summed E-state index contributed by atoms with van der Waals surface area (Å²) in [6, 6.07) is 5.77. The van der Waals surface area contributed by atoms with Crippen molar-refractivity contribution < 1.29 is 9.53 Å². The Morgan fingerprint density at radius 3 is 2.94 bits per heavy atom. The van der Waals surface area contributed by atoms with Gasteiger partial charge in [-0.05, 0) is 31.7 Å². The lowest BCUT2D eigenvalue weighted by Gasteiger charge is -2.06. The molecule has 0 fully saturated rings. The number of aryl methyl sites for hydroxylation is 1. The molecule has 1 atom stereocenters. The Morgan fingerprint density at radius 2 is 2.24 bits per heavy atom. The number of cyclic esters (lactones) is 1. The van der Waals surface area contributed by atoms with Crippen LogP contribution in [-0.4, -0.2) is 29.9 Å². The van der Waals surface area contributed by atoms with Gasteiger partial charge in [0.25, 0.3) is 0 Å². The van der Waals surface area contributed by atoms with E-state index in [2.05, 4.69) is 4.99 Å². The van der Waals surface area contributed by atoms with Crippen LogP contribution in [0.15, 0.2) is 23.2 Å². The number of carbonyl (C=O) groups is 1. The average molecular weight is 249 g/mol. The maximum Gasteiger partial charge on any atom is 0.345 e. The van der Waals surface area contributed by atoms with E-state index in [0.29, 0.717) is 11.5 Å². The zero-order valence-corrected chi connectivity index (χ0v) is 11.0. The van der Waals surface area contributed by atoms with Gasteiger partial charge in [0.05, 0.1) is 17.2 Å². The van der Waals surface area contributed by atoms with Crippen LogP contribution >= 0.6 is 11.8 Å². The molecule has 1 aliphatic rings. The fourth-order valence-electron chi connectivity index (χ4n) is 1.89. The normalized spacial score (nSPS) is 18.1. The first-order valence-electron chi connectivity index (χ1n) is 5.52. The summed E-state index contributed by atoms with van der Waals surface area (Å²) >= 11 is 1.73. The van der Waals surface area contributed by atoms with E-state index in [-0.39, 0.29) is 12.0 Å². The van der Waals surface area contributed by atoms with E-state index >= 15 is 0 Å². The molecular weight excluding hydrogens is 234 g/mol. The monoisotopic (exact) mass is 249 g/mol. The van der Waals surface area contributed by atoms with Gasteiger partial charge in [-0.25, -0.2) is 9.79 Å². The Bertz CT molecular complexity index is 482. The molecule has 17 heavy (non-hydrogen) atoms. The van der Waals surface area contributed by atoms with Crippen LogP contribution in [0.5, 0.6) is 0 Å². The third kappa shape index (κ3) is 2.36. The van der Waals surface area contributed by atoms with Crippen LogP contribution in [-0.2, 0) is 4.74 Å². The van der Waals surface area contributed by atoms with Gasteiger partial charge in [-0.2, -0.15) is 11.8 Å². The molecule has 0 saturated heterocycles. The summed E-state index contributed by atoms with van der Waals surface area (Å²) in [6.07, 6.45) is 2.04. The lowest BCUT2D eigenvalue weighted by atomic mass is 10.0. The van der Waals surface area contributed by atoms with Gasteiger partial charge in [0.15, 0.2) is 0 Å². The minimum atomic E-state index is -0.293. The summed E-state index contributed by atoms with van der Waals surface area (Å²) in [5.41, 5.74) is 2.51. The topological polar surface area (TPSA) is 38.7 Å². The van der Waals surface area contributed by atoms with Crippen molar-refractivity contribution in [2.75, 3.05) is 12.0 Å². The van der Waals surface area contributed by atoms with Crippen LogP contribution in [0.3, 0.4) is 0 Å². The minimum Gasteiger partial charge on any atom is -0.404 e. The molecule has 1 aromatic carbocycles. The quantitative estimate of drug-likeness (QED) is 0.773. The molecule has 0 radical (unpaired) electrons. The molecule has 1 aliphatic heterocycles. The lowest BCUT2D eigenvalue weighted by Crippen LogP contribution is -2.09. The maximum absolute atomic E-state index is 11.7. The summed E-state index contributed by atoms with van der Waals surface area (Å²) in [6.45, 7) is 3.99. The number of nitrogens with zero attached hydrogens (tertiary/aromatic N) is 1. The van der Waals surface area contributed by atoms with Crippen LogP contribution in [0.2, 0.25) is 0 Å². The van der Waals surface area contributed by atoms with Gasteiger partial charge >= 0.3 is 5.97 Å². The highest BCUT2D eigenvalue weighted by Gasteiger charge is 2.29. The van der Waals surface area contributed by atoms with Gasteiger partial charge < -0.3 is 4.74 Å². The molecule has 0 N–H and O–H groups in total. The highest BCUT2D eigenvalue weighted by atomic mass is 32.2. The number of esters is 1. The molecule has 0 aromatic heterocycles. The molecular formula is C13H15NO2S. The van der Waals surface area contributed by atoms with Crippen molar-refractivity contribution in [3.63, 3.8) is 0 Å². The molecule has 1 aromatic rings. The molecule has 0 unspecified atom stereocenters. The molecule has 0 amide bonds. The van der Waals surface area contributed by atoms with E-state index < -0.39 is 0 Å². The van der Waals surface area contributed by atoms with E-state index in [1.54, 1.807) is 17.8 Å². The van der Waals surface area contributed by atoms with Gasteiger partial charge in [-0.15, -0.1) is 0 Å². The Balaban J connectivity index is 2.39. The molecule has 90 valence electrons. The minimum absolute atomic E-state index is 0.151. The predicted molar refractivity (Wildman–Crippen MR) is 71.0 cm³/mol. The fraction of sp³-hybridized carbons (Fsp3) is 0.385. The van der Waals surface area contributed by atoms with Crippen LogP contribution in [0.1, 0.15) is 28.4 Å². The van der Waals surface area contributed by atoms with Crippen molar-refractivity contribution in [2.45, 2.75) is 19.9 Å². The van der Waals surface area contributed by atoms with Crippen molar-refractivity contribution in [3.8, 4) is 0 Å². The second-order valence-corrected chi connectivity index (χ2v) is 5.04. The van der Waals surface area contributed by atoms with Crippen molar-refractivity contribution >= 4 is 23.6 Å². The number of rotatable bonds is 3. The molecule has 0 spiro atoms. The van der Waals surface area contributed by atoms with Crippen molar-refractivity contribution in [1.29, 1.82) is 0 Å². The molecule has 2 rings (SSSR count). The molecule has 0 saturated carbocycles. The molecule has 0 aliphatic carbocycles. The highest BCUT2D eigenvalue weighted by Crippen LogP contribution is 2.24. The average Bonchev–Trinajstić information content (AvgIpc) is 2.57. The first kappa shape index (κ1) is 12.2. The van der Waals surface area contributed by atoms with E-state index in [1.165, 1.54) is 0 Å². The third-order valence-electron chi connectivity index (χ3n) is 2.64. The first-order chi connectivity index (χ1) is 8.13. The molecule has 4 heteroatoms. The highest BCUT2D eigenvalue weighted by molar-refractivity contribution is 7.98. The summed E-state index contributed by atoms with van der Waals surface area (Å²) in [5, 5.41) is 0. The number of hydrogen-bond acceptors (Lipinski definition) is 4. The number of benzene rings is 1. The predicted octanol–water partition coefficient (Wildman–Crippen LogP) is 2.66. The zero-order chi connectivity index (χ0) is 12.4. The van der Waals surface area contributed by atoms with E-state index in [9.17, 15) is 4.79 Å². The number of fused-ring (bicyclic) bond motifs is 1. The van der Waals surface area contributed by atoms with Gasteiger partial charge in [-0.1, -0.05) is 12.1 Å². The maximum atomic E-state index is 11.7. The van der Waals surface area contributed by atoms with Gasteiger partial charge in [0, 0.05) is 5.75 Å². The Labute approximate surface area is 105 Å². The number of carbonyl (C=O) groups excluding carboxylic acids is 1. The standard InChI is InChI=1S/C13H15NO2S/c1-8-5-4-6-10-11(8)12(16-13(10)15)14-9(2)7-17-3/h4-6,9H,7H2,1-3H3/b14-12-/t9-/m0/s1. The van der Waals surface area contributed by atoms with Crippen molar-refractivity contribution in [3.05, 3.63) is 34.9 Å². The van der Waals surface area contributed by atoms with Gasteiger partial charge in [-0.3, -0.25) is 0 Å². The number of aliphatic imine (C=N–C) groups is 1. The smallest absolute Gasteiger partial charge is 0.345 e. The summed E-state index contributed by atoms with van der Waals surface area (Å²) in [4.78, 5) is 16.1. The lowest BCUT2D eigenvalue weighted by molar-refractivity contribution is 0.0736. The molecule has 1 heterocycles. The van der Waals surface area contributed by atoms with E-state index in [0.717, 1.165) is 16.9 Å². The summed E-state index contributed by atoms with van der Waals surface area (Å²) < 4.78 is 5.23. The Hall–Kier alpha value is -1.29. The first-order valence-corrected chi connectivity index (χ1v) is 6.91. The van der Waals surface area contributed by atoms with Crippen LogP contribution in [0, 0.1) is 6.92 Å². The Morgan fingerprint density at radius 1 is 1.47 bits per heavy atom. The second-order valence-electron chi connectivity index (χ2n) is 4.13. The van der Waals surface area contributed by atoms with Crippen molar-refractivity contribution in [2.24, 2.45) is 4.99 Å². The van der Waals surface area contributed by atoms with E-state index in [4.69, 9.17) is 4.74 Å². The van der Waals surface area contributed by atoms with Crippen LogP contribution < -0.4 is 0 Å². The van der Waals surface area contributed by atoms with Crippen LogP contribution in [0.25, 0.3) is 0 Å². The SMILES string of the molecule is CSC[C@H](C)/N=C1\OC(=O)c2cccc(C)c21.